The van der Waals surface area contributed by atoms with Gasteiger partial charge in [-0.05, 0) is 36.6 Å². The Morgan fingerprint density at radius 3 is 2.08 bits per heavy atom. The van der Waals surface area contributed by atoms with Crippen LogP contribution in [0, 0.1) is 0 Å². The van der Waals surface area contributed by atoms with E-state index in [-0.39, 0.29) is 12.8 Å². The molecule has 0 spiro atoms. The first-order valence-electron chi connectivity index (χ1n) is 8.66. The topological polar surface area (TPSA) is 69.6 Å². The van der Waals surface area contributed by atoms with Gasteiger partial charge in [-0.15, -0.1) is 0 Å². The molecule has 0 atom stereocenters. The maximum Gasteiger partial charge on any atom is 0.270 e. The molecule has 0 aromatic heterocycles. The Morgan fingerprint density at radius 1 is 1.00 bits per heavy atom. The van der Waals surface area contributed by atoms with Crippen LogP contribution in [0.4, 0.5) is 5.69 Å². The lowest BCUT2D eigenvalue weighted by Crippen LogP contribution is -2.54. The minimum atomic E-state index is -1.52. The predicted octanol–water partition coefficient (Wildman–Crippen LogP) is 3.32. The third kappa shape index (κ3) is 4.80. The fourth-order valence-corrected chi connectivity index (χ4v) is 2.41. The molecule has 136 valence electrons. The quantitative estimate of drug-likeness (QED) is 0.619. The summed E-state index contributed by atoms with van der Waals surface area (Å²) in [5.41, 5.74) is 2.42. The van der Waals surface area contributed by atoms with Gasteiger partial charge in [0.2, 0.25) is 0 Å². The minimum Gasteiger partial charge on any atom is -0.380 e. The molecule has 0 fully saturated rings. The van der Waals surface area contributed by atoms with Crippen molar-refractivity contribution in [2.45, 2.75) is 32.3 Å². The summed E-state index contributed by atoms with van der Waals surface area (Å²) < 4.78 is 0. The van der Waals surface area contributed by atoms with Crippen LogP contribution in [-0.2, 0) is 9.59 Å². The van der Waals surface area contributed by atoms with E-state index in [4.69, 9.17) is 0 Å². The molecule has 5 heteroatoms. The predicted molar refractivity (Wildman–Crippen MR) is 103 cm³/mol. The first kappa shape index (κ1) is 19.4. The summed E-state index contributed by atoms with van der Waals surface area (Å²) in [5.74, 6) is -1.02. The van der Waals surface area contributed by atoms with Crippen LogP contribution >= 0.6 is 0 Å². The van der Waals surface area contributed by atoms with Crippen molar-refractivity contribution in [1.82, 2.24) is 5.43 Å². The van der Waals surface area contributed by atoms with E-state index >= 15 is 0 Å². The molecule has 2 aromatic rings. The highest BCUT2D eigenvalue weighted by molar-refractivity contribution is 6.05. The number of carbonyl (C=O) groups is 2. The van der Waals surface area contributed by atoms with E-state index in [1.807, 2.05) is 36.4 Å². The summed E-state index contributed by atoms with van der Waals surface area (Å²) in [6.07, 6.45) is 3.58. The first-order chi connectivity index (χ1) is 12.5. The van der Waals surface area contributed by atoms with Gasteiger partial charge in [-0.1, -0.05) is 62.4 Å². The van der Waals surface area contributed by atoms with Gasteiger partial charge in [0.1, 0.15) is 5.60 Å². The number of nitrogens with one attached hydrogen (secondary N) is 1. The van der Waals surface area contributed by atoms with Gasteiger partial charge in [-0.25, -0.2) is 5.01 Å². The fourth-order valence-electron chi connectivity index (χ4n) is 2.41. The molecule has 0 radical (unpaired) electrons. The second-order valence-corrected chi connectivity index (χ2v) is 5.93. The summed E-state index contributed by atoms with van der Waals surface area (Å²) in [4.78, 5) is 25.2. The molecule has 0 aliphatic carbocycles. The normalized spacial score (nSPS) is 11.3. The summed E-state index contributed by atoms with van der Waals surface area (Å²) in [5, 5.41) is 11.6. The number of hydrogen-bond donors (Lipinski definition) is 2. The van der Waals surface area contributed by atoms with Gasteiger partial charge in [0, 0.05) is 6.08 Å². The smallest absolute Gasteiger partial charge is 0.270 e. The van der Waals surface area contributed by atoms with Crippen molar-refractivity contribution in [2.75, 3.05) is 5.01 Å². The zero-order valence-electron chi connectivity index (χ0n) is 15.1. The lowest BCUT2D eigenvalue weighted by molar-refractivity contribution is -0.141. The molecule has 2 rings (SSSR count). The first-order valence-corrected chi connectivity index (χ1v) is 8.66. The molecule has 0 heterocycles. The Morgan fingerprint density at radius 2 is 1.54 bits per heavy atom. The molecule has 0 aliphatic rings. The van der Waals surface area contributed by atoms with Crippen LogP contribution in [0.2, 0.25) is 0 Å². The molecule has 0 aliphatic heterocycles. The lowest BCUT2D eigenvalue weighted by atomic mass is 9.97. The number of hydrogen-bond acceptors (Lipinski definition) is 3. The van der Waals surface area contributed by atoms with Gasteiger partial charge in [0.05, 0.1) is 5.69 Å². The molecule has 0 unspecified atom stereocenters. The Balaban J connectivity index is 2.26. The highest BCUT2D eigenvalue weighted by Crippen LogP contribution is 2.17. The van der Waals surface area contributed by atoms with Crippen LogP contribution in [0.15, 0.2) is 66.7 Å². The molecule has 5 nitrogen and oxygen atoms in total. The Hall–Kier alpha value is -2.92. The van der Waals surface area contributed by atoms with E-state index < -0.39 is 17.4 Å². The number of anilines is 1. The standard InChI is InChI=1S/C21H24N2O3/c1-3-21(26,4-2)20(25)22-23(18-13-9-6-10-14-18)19(24)16-15-17-11-7-5-8-12-17/h5-16,26H,3-4H2,1-2H3,(H,22,25). The zero-order valence-corrected chi connectivity index (χ0v) is 15.1. The van der Waals surface area contributed by atoms with Gasteiger partial charge >= 0.3 is 0 Å². The van der Waals surface area contributed by atoms with Crippen molar-refractivity contribution in [2.24, 2.45) is 0 Å². The number of para-hydroxylation sites is 1. The Kier molecular flexibility index (Phi) is 6.69. The SMILES string of the molecule is CCC(O)(CC)C(=O)NN(C(=O)C=Cc1ccccc1)c1ccccc1. The lowest BCUT2D eigenvalue weighted by Gasteiger charge is -2.29. The van der Waals surface area contributed by atoms with Crippen LogP contribution < -0.4 is 10.4 Å². The third-order valence-corrected chi connectivity index (χ3v) is 4.26. The highest BCUT2D eigenvalue weighted by Gasteiger charge is 2.34. The summed E-state index contributed by atoms with van der Waals surface area (Å²) in [7, 11) is 0. The van der Waals surface area contributed by atoms with Gasteiger partial charge in [0.25, 0.3) is 11.8 Å². The van der Waals surface area contributed by atoms with Crippen molar-refractivity contribution in [3.8, 4) is 0 Å². The van der Waals surface area contributed by atoms with Crippen LogP contribution in [0.3, 0.4) is 0 Å². The van der Waals surface area contributed by atoms with Crippen molar-refractivity contribution < 1.29 is 14.7 Å². The molecule has 0 bridgehead atoms. The number of amides is 2. The van der Waals surface area contributed by atoms with Crippen LogP contribution in [-0.4, -0.2) is 22.5 Å². The van der Waals surface area contributed by atoms with Crippen molar-refractivity contribution in [3.05, 3.63) is 72.3 Å². The van der Waals surface area contributed by atoms with E-state index in [1.165, 1.54) is 6.08 Å². The third-order valence-electron chi connectivity index (χ3n) is 4.26. The molecule has 0 saturated carbocycles. The van der Waals surface area contributed by atoms with Gasteiger partial charge in [-0.2, -0.15) is 0 Å². The highest BCUT2D eigenvalue weighted by atomic mass is 16.3. The van der Waals surface area contributed by atoms with Crippen LogP contribution in [0.1, 0.15) is 32.3 Å². The van der Waals surface area contributed by atoms with E-state index in [9.17, 15) is 14.7 Å². The molecule has 2 amide bonds. The fraction of sp³-hybridized carbons (Fsp3) is 0.238. The van der Waals surface area contributed by atoms with E-state index in [2.05, 4.69) is 5.43 Å². The van der Waals surface area contributed by atoms with E-state index in [0.717, 1.165) is 10.6 Å². The second-order valence-electron chi connectivity index (χ2n) is 5.93. The monoisotopic (exact) mass is 352 g/mol. The van der Waals surface area contributed by atoms with E-state index in [0.29, 0.717) is 5.69 Å². The van der Waals surface area contributed by atoms with Gasteiger partial charge in [0.15, 0.2) is 0 Å². The Bertz CT molecular complexity index is 753. The van der Waals surface area contributed by atoms with Gasteiger partial charge < -0.3 is 5.11 Å². The van der Waals surface area contributed by atoms with Crippen molar-refractivity contribution >= 4 is 23.6 Å². The van der Waals surface area contributed by atoms with Gasteiger partial charge in [-0.3, -0.25) is 15.0 Å². The maximum absolute atomic E-state index is 12.7. The molecular formula is C21H24N2O3. The van der Waals surface area contributed by atoms with Crippen molar-refractivity contribution in [1.29, 1.82) is 0 Å². The van der Waals surface area contributed by atoms with Crippen LogP contribution in [0.5, 0.6) is 0 Å². The molecule has 2 N–H and O–H groups in total. The Labute approximate surface area is 153 Å². The largest absolute Gasteiger partial charge is 0.380 e. The maximum atomic E-state index is 12.7. The number of aliphatic hydroxyl groups is 1. The number of rotatable bonds is 6. The number of carbonyl (C=O) groups excluding carboxylic acids is 2. The summed E-state index contributed by atoms with van der Waals surface area (Å²) in [6.45, 7) is 3.46. The number of nitrogens with zero attached hydrogens (tertiary/aromatic N) is 1. The molecular weight excluding hydrogens is 328 g/mol. The second kappa shape index (κ2) is 8.97. The zero-order chi connectivity index (χ0) is 19.0. The molecule has 0 saturated heterocycles. The molecule has 26 heavy (non-hydrogen) atoms. The van der Waals surface area contributed by atoms with E-state index in [1.54, 1.807) is 44.2 Å². The minimum absolute atomic E-state index is 0.256. The average Bonchev–Trinajstić information content (AvgIpc) is 2.70. The van der Waals surface area contributed by atoms with Crippen LogP contribution in [0.25, 0.3) is 6.08 Å². The number of hydrazine groups is 1. The molecule has 2 aromatic carbocycles. The number of benzene rings is 2. The summed E-state index contributed by atoms with van der Waals surface area (Å²) in [6, 6.07) is 18.2. The summed E-state index contributed by atoms with van der Waals surface area (Å²) >= 11 is 0. The average molecular weight is 352 g/mol. The van der Waals surface area contributed by atoms with Crippen molar-refractivity contribution in [3.63, 3.8) is 0 Å².